The Balaban J connectivity index is 2.07. The van der Waals surface area contributed by atoms with Crippen molar-refractivity contribution in [3.05, 3.63) is 28.2 Å². The molecule has 0 aromatic carbocycles. The van der Waals surface area contributed by atoms with Crippen LogP contribution >= 0.6 is 15.9 Å². The van der Waals surface area contributed by atoms with Crippen LogP contribution in [0, 0.1) is 11.2 Å². The molecule has 17 heavy (non-hydrogen) atoms. The average molecular weight is 301 g/mol. The lowest BCUT2D eigenvalue weighted by molar-refractivity contribution is 0.109. The molecule has 0 N–H and O–H groups in total. The van der Waals surface area contributed by atoms with E-state index in [0.29, 0.717) is 22.3 Å². The van der Waals surface area contributed by atoms with Gasteiger partial charge in [-0.3, -0.25) is 4.90 Å². The van der Waals surface area contributed by atoms with Gasteiger partial charge in [0.05, 0.1) is 5.69 Å². The Bertz CT molecular complexity index is 406. The van der Waals surface area contributed by atoms with Gasteiger partial charge in [0, 0.05) is 13.1 Å². The first kappa shape index (κ1) is 13.0. The normalized spacial score (nSPS) is 20.5. The van der Waals surface area contributed by atoms with Crippen LogP contribution in [0.2, 0.25) is 0 Å². The molecule has 94 valence electrons. The molecule has 0 atom stereocenters. The van der Waals surface area contributed by atoms with Gasteiger partial charge in [-0.25, -0.2) is 9.37 Å². The molecule has 1 aliphatic rings. The van der Waals surface area contributed by atoms with Crippen LogP contribution in [0.4, 0.5) is 4.39 Å². The van der Waals surface area contributed by atoms with E-state index < -0.39 is 0 Å². The van der Waals surface area contributed by atoms with Crippen LogP contribution in [0.5, 0.6) is 0 Å². The fourth-order valence-electron chi connectivity index (χ4n) is 2.46. The molecule has 0 saturated carbocycles. The zero-order valence-electron chi connectivity index (χ0n) is 10.3. The van der Waals surface area contributed by atoms with Crippen molar-refractivity contribution in [2.75, 3.05) is 13.1 Å². The van der Waals surface area contributed by atoms with Gasteiger partial charge in [-0.1, -0.05) is 13.8 Å². The van der Waals surface area contributed by atoms with E-state index in [1.165, 1.54) is 18.9 Å². The van der Waals surface area contributed by atoms with E-state index in [1.54, 1.807) is 6.07 Å². The number of aromatic nitrogens is 1. The number of hydrogen-bond donors (Lipinski definition) is 0. The standard InChI is InChI=1S/C13H18BrFN2/c1-13(2)6-3-7-17(9-13)8-11-10(15)4-5-12(14)16-11/h4-5H,3,6-9H2,1-2H3. The first-order valence-corrected chi connectivity index (χ1v) is 6.79. The molecule has 0 aliphatic carbocycles. The second-order valence-electron chi connectivity index (χ2n) is 5.54. The summed E-state index contributed by atoms with van der Waals surface area (Å²) in [4.78, 5) is 6.51. The van der Waals surface area contributed by atoms with E-state index >= 15 is 0 Å². The molecule has 2 heterocycles. The van der Waals surface area contributed by atoms with Crippen molar-refractivity contribution >= 4 is 15.9 Å². The summed E-state index contributed by atoms with van der Waals surface area (Å²) < 4.78 is 14.3. The number of likely N-dealkylation sites (tertiary alicyclic amines) is 1. The molecule has 0 unspecified atom stereocenters. The molecule has 4 heteroatoms. The highest BCUT2D eigenvalue weighted by Crippen LogP contribution is 2.29. The van der Waals surface area contributed by atoms with Crippen LogP contribution in [-0.4, -0.2) is 23.0 Å². The molecule has 1 aromatic heterocycles. The van der Waals surface area contributed by atoms with Crippen LogP contribution in [-0.2, 0) is 6.54 Å². The largest absolute Gasteiger partial charge is 0.297 e. The summed E-state index contributed by atoms with van der Waals surface area (Å²) in [7, 11) is 0. The molecule has 0 radical (unpaired) electrons. The van der Waals surface area contributed by atoms with Gasteiger partial charge in [-0.05, 0) is 52.9 Å². The van der Waals surface area contributed by atoms with E-state index in [2.05, 4.69) is 39.7 Å². The van der Waals surface area contributed by atoms with E-state index in [4.69, 9.17) is 0 Å². The summed E-state index contributed by atoms with van der Waals surface area (Å²) in [5.74, 6) is -0.212. The van der Waals surface area contributed by atoms with Gasteiger partial charge >= 0.3 is 0 Å². The third-order valence-corrected chi connectivity index (χ3v) is 3.68. The molecule has 0 amide bonds. The summed E-state index contributed by atoms with van der Waals surface area (Å²) >= 11 is 3.29. The van der Waals surface area contributed by atoms with Gasteiger partial charge < -0.3 is 0 Å². The highest BCUT2D eigenvalue weighted by molar-refractivity contribution is 9.10. The average Bonchev–Trinajstić information content (AvgIpc) is 2.22. The number of halogens is 2. The lowest BCUT2D eigenvalue weighted by Gasteiger charge is -2.37. The molecule has 2 rings (SSSR count). The number of hydrogen-bond acceptors (Lipinski definition) is 2. The van der Waals surface area contributed by atoms with Crippen molar-refractivity contribution in [2.45, 2.75) is 33.2 Å². The van der Waals surface area contributed by atoms with Crippen LogP contribution in [0.3, 0.4) is 0 Å². The number of piperidine rings is 1. The molecule has 0 bridgehead atoms. The molecule has 1 aromatic rings. The highest BCUT2D eigenvalue weighted by atomic mass is 79.9. The lowest BCUT2D eigenvalue weighted by Crippen LogP contribution is -2.39. The maximum atomic E-state index is 13.6. The number of pyridine rings is 1. The van der Waals surface area contributed by atoms with Gasteiger partial charge in [0.15, 0.2) is 0 Å². The van der Waals surface area contributed by atoms with Gasteiger partial charge in [0.25, 0.3) is 0 Å². The van der Waals surface area contributed by atoms with Crippen LogP contribution in [0.15, 0.2) is 16.7 Å². The summed E-state index contributed by atoms with van der Waals surface area (Å²) in [6, 6.07) is 3.11. The van der Waals surface area contributed by atoms with Crippen LogP contribution < -0.4 is 0 Å². The minimum Gasteiger partial charge on any atom is -0.297 e. The minimum absolute atomic E-state index is 0.212. The zero-order valence-corrected chi connectivity index (χ0v) is 11.9. The molecule has 0 spiro atoms. The van der Waals surface area contributed by atoms with E-state index in [0.717, 1.165) is 13.1 Å². The first-order valence-electron chi connectivity index (χ1n) is 6.00. The lowest BCUT2D eigenvalue weighted by atomic mass is 9.84. The third kappa shape index (κ3) is 3.49. The maximum absolute atomic E-state index is 13.6. The van der Waals surface area contributed by atoms with Crippen molar-refractivity contribution in [1.29, 1.82) is 0 Å². The Morgan fingerprint density at radius 3 is 2.94 bits per heavy atom. The molecular formula is C13H18BrFN2. The smallest absolute Gasteiger partial charge is 0.146 e. The van der Waals surface area contributed by atoms with Gasteiger partial charge in [-0.2, -0.15) is 0 Å². The fraction of sp³-hybridized carbons (Fsp3) is 0.615. The Morgan fingerprint density at radius 1 is 1.47 bits per heavy atom. The Labute approximate surface area is 110 Å². The maximum Gasteiger partial charge on any atom is 0.146 e. The second kappa shape index (κ2) is 5.02. The van der Waals surface area contributed by atoms with Crippen molar-refractivity contribution in [3.8, 4) is 0 Å². The van der Waals surface area contributed by atoms with Crippen molar-refractivity contribution in [2.24, 2.45) is 5.41 Å². The molecule has 1 aliphatic heterocycles. The summed E-state index contributed by atoms with van der Waals surface area (Å²) in [5, 5.41) is 0. The highest BCUT2D eigenvalue weighted by Gasteiger charge is 2.26. The van der Waals surface area contributed by atoms with Gasteiger partial charge in [-0.15, -0.1) is 0 Å². The van der Waals surface area contributed by atoms with E-state index in [1.807, 2.05) is 0 Å². The summed E-state index contributed by atoms with van der Waals surface area (Å²) in [6.45, 7) is 7.19. The second-order valence-corrected chi connectivity index (χ2v) is 6.35. The van der Waals surface area contributed by atoms with Crippen molar-refractivity contribution < 1.29 is 4.39 Å². The molecule has 1 saturated heterocycles. The van der Waals surface area contributed by atoms with Crippen LogP contribution in [0.1, 0.15) is 32.4 Å². The SMILES string of the molecule is CC1(C)CCCN(Cc2nc(Br)ccc2F)C1. The van der Waals surface area contributed by atoms with Gasteiger partial charge in [0.1, 0.15) is 10.4 Å². The molecule has 2 nitrogen and oxygen atoms in total. The van der Waals surface area contributed by atoms with Crippen molar-refractivity contribution in [1.82, 2.24) is 9.88 Å². The zero-order chi connectivity index (χ0) is 12.5. The first-order chi connectivity index (χ1) is 7.96. The van der Waals surface area contributed by atoms with Crippen molar-refractivity contribution in [3.63, 3.8) is 0 Å². The third-order valence-electron chi connectivity index (χ3n) is 3.24. The monoisotopic (exact) mass is 300 g/mol. The fourth-order valence-corrected chi connectivity index (χ4v) is 2.81. The minimum atomic E-state index is -0.212. The van der Waals surface area contributed by atoms with E-state index in [-0.39, 0.29) is 5.82 Å². The van der Waals surface area contributed by atoms with Crippen LogP contribution in [0.25, 0.3) is 0 Å². The topological polar surface area (TPSA) is 16.1 Å². The van der Waals surface area contributed by atoms with Gasteiger partial charge in [0.2, 0.25) is 0 Å². The Morgan fingerprint density at radius 2 is 2.24 bits per heavy atom. The summed E-state index contributed by atoms with van der Waals surface area (Å²) in [6.07, 6.45) is 2.43. The molecular weight excluding hydrogens is 283 g/mol. The predicted octanol–water partition coefficient (Wildman–Crippen LogP) is 3.61. The quantitative estimate of drug-likeness (QED) is 0.776. The Hall–Kier alpha value is -0.480. The predicted molar refractivity (Wildman–Crippen MR) is 70.2 cm³/mol. The Kier molecular flexibility index (Phi) is 3.83. The summed E-state index contributed by atoms with van der Waals surface area (Å²) in [5.41, 5.74) is 0.873. The van der Waals surface area contributed by atoms with E-state index in [9.17, 15) is 4.39 Å². The molecule has 1 fully saturated rings. The number of nitrogens with zero attached hydrogens (tertiary/aromatic N) is 2. The number of rotatable bonds is 2.